The Bertz CT molecular complexity index is 367. The monoisotopic (exact) mass is 244 g/mol. The van der Waals surface area contributed by atoms with Gasteiger partial charge in [0.1, 0.15) is 6.10 Å². The van der Waals surface area contributed by atoms with E-state index in [1.807, 2.05) is 0 Å². The number of hydrogen-bond acceptors (Lipinski definition) is 3. The third kappa shape index (κ3) is 3.20. The molecule has 4 nitrogen and oxygen atoms in total. The van der Waals surface area contributed by atoms with Crippen LogP contribution in [0.4, 0.5) is 0 Å². The molecule has 2 atom stereocenters. The number of aliphatic hydroxyl groups excluding tert-OH is 2. The van der Waals surface area contributed by atoms with Crippen LogP contribution in [0.2, 0.25) is 0 Å². The van der Waals surface area contributed by atoms with E-state index >= 15 is 0 Å². The normalized spacial score (nSPS) is 14.4. The first-order valence-corrected chi connectivity index (χ1v) is 5.31. The Kier molecular flexibility index (Phi) is 4.73. The second-order valence-electron chi connectivity index (χ2n) is 3.44. The summed E-state index contributed by atoms with van der Waals surface area (Å²) in [5, 5.41) is 27.8. The van der Waals surface area contributed by atoms with Crippen molar-refractivity contribution in [3.8, 4) is 0 Å². The smallest absolute Gasteiger partial charge is 0.306 e. The summed E-state index contributed by atoms with van der Waals surface area (Å²) in [6.07, 6.45) is -3.06. The summed E-state index contributed by atoms with van der Waals surface area (Å²) < 4.78 is 0. The van der Waals surface area contributed by atoms with Crippen molar-refractivity contribution in [2.45, 2.75) is 24.5 Å². The fraction of sp³-hybridized carbons (Fsp3) is 0.364. The van der Waals surface area contributed by atoms with Crippen LogP contribution in [0.3, 0.4) is 0 Å². The van der Waals surface area contributed by atoms with Gasteiger partial charge >= 0.3 is 5.97 Å². The molecule has 0 amide bonds. The van der Waals surface area contributed by atoms with Gasteiger partial charge in [0.05, 0.1) is 12.5 Å². The largest absolute Gasteiger partial charge is 0.481 e. The molecular formula is C11H13ClO4. The molecular weight excluding hydrogens is 232 g/mol. The molecule has 0 fully saturated rings. The molecule has 0 radical (unpaired) electrons. The lowest BCUT2D eigenvalue weighted by atomic mass is 9.98. The average Bonchev–Trinajstić information content (AvgIpc) is 2.27. The van der Waals surface area contributed by atoms with Crippen LogP contribution >= 0.6 is 11.6 Å². The Hall–Kier alpha value is -1.10. The van der Waals surface area contributed by atoms with Gasteiger partial charge in [-0.2, -0.15) is 0 Å². The quantitative estimate of drug-likeness (QED) is 0.682. The van der Waals surface area contributed by atoms with E-state index in [9.17, 15) is 15.0 Å². The molecule has 0 aliphatic heterocycles. The van der Waals surface area contributed by atoms with Gasteiger partial charge < -0.3 is 15.3 Å². The van der Waals surface area contributed by atoms with Crippen LogP contribution in [0, 0.1) is 0 Å². The van der Waals surface area contributed by atoms with Gasteiger partial charge in [-0.05, 0) is 11.1 Å². The van der Waals surface area contributed by atoms with E-state index in [1.165, 1.54) is 0 Å². The zero-order chi connectivity index (χ0) is 12.1. The summed E-state index contributed by atoms with van der Waals surface area (Å²) in [7, 11) is 0. The maximum Gasteiger partial charge on any atom is 0.306 e. The molecule has 16 heavy (non-hydrogen) atoms. The molecule has 0 aromatic heterocycles. The van der Waals surface area contributed by atoms with E-state index in [0.717, 1.165) is 0 Å². The van der Waals surface area contributed by atoms with Gasteiger partial charge in [0.25, 0.3) is 0 Å². The van der Waals surface area contributed by atoms with Crippen molar-refractivity contribution in [2.75, 3.05) is 0 Å². The molecule has 1 aromatic carbocycles. The predicted octanol–water partition coefficient (Wildman–Crippen LogP) is 1.29. The van der Waals surface area contributed by atoms with E-state index in [0.29, 0.717) is 11.1 Å². The Balaban J connectivity index is 2.86. The van der Waals surface area contributed by atoms with Crippen molar-refractivity contribution >= 4 is 17.6 Å². The van der Waals surface area contributed by atoms with Crippen molar-refractivity contribution in [2.24, 2.45) is 0 Å². The number of aliphatic hydroxyl groups is 2. The summed E-state index contributed by atoms with van der Waals surface area (Å²) in [4.78, 5) is 10.4. The highest BCUT2D eigenvalue weighted by molar-refractivity contribution is 6.17. The van der Waals surface area contributed by atoms with Crippen molar-refractivity contribution in [1.82, 2.24) is 0 Å². The van der Waals surface area contributed by atoms with Gasteiger partial charge in [0.15, 0.2) is 0 Å². The second kappa shape index (κ2) is 5.84. The van der Waals surface area contributed by atoms with Gasteiger partial charge in [0, 0.05) is 5.88 Å². The maximum absolute atomic E-state index is 10.4. The zero-order valence-electron chi connectivity index (χ0n) is 8.51. The Morgan fingerprint density at radius 3 is 2.50 bits per heavy atom. The van der Waals surface area contributed by atoms with Crippen molar-refractivity contribution in [1.29, 1.82) is 0 Å². The first kappa shape index (κ1) is 13.0. The number of carboxylic acids is 1. The SMILES string of the molecule is O=C(O)CC(O)C(O)c1ccccc1CCl. The standard InChI is InChI=1S/C11H13ClO4/c12-6-7-3-1-2-4-8(7)11(16)9(13)5-10(14)15/h1-4,9,11,13,16H,5-6H2,(H,14,15). The maximum atomic E-state index is 10.4. The van der Waals surface area contributed by atoms with E-state index in [1.54, 1.807) is 24.3 Å². The van der Waals surface area contributed by atoms with Gasteiger partial charge in [-0.15, -0.1) is 11.6 Å². The second-order valence-corrected chi connectivity index (χ2v) is 3.71. The molecule has 0 heterocycles. The molecule has 5 heteroatoms. The van der Waals surface area contributed by atoms with Gasteiger partial charge in [-0.3, -0.25) is 4.79 Å². The molecule has 1 aromatic rings. The fourth-order valence-corrected chi connectivity index (χ4v) is 1.69. The third-order valence-electron chi connectivity index (χ3n) is 2.27. The zero-order valence-corrected chi connectivity index (χ0v) is 9.26. The molecule has 0 saturated heterocycles. The molecule has 1 rings (SSSR count). The third-order valence-corrected chi connectivity index (χ3v) is 2.55. The summed E-state index contributed by atoms with van der Waals surface area (Å²) in [6, 6.07) is 6.80. The van der Waals surface area contributed by atoms with E-state index in [2.05, 4.69) is 0 Å². The molecule has 0 bridgehead atoms. The fourth-order valence-electron chi connectivity index (χ4n) is 1.44. The van der Waals surface area contributed by atoms with Crippen LogP contribution in [0.25, 0.3) is 0 Å². The van der Waals surface area contributed by atoms with Crippen molar-refractivity contribution in [3.05, 3.63) is 35.4 Å². The number of hydrogen-bond donors (Lipinski definition) is 3. The highest BCUT2D eigenvalue weighted by Gasteiger charge is 2.22. The summed E-state index contributed by atoms with van der Waals surface area (Å²) in [5.41, 5.74) is 1.15. The summed E-state index contributed by atoms with van der Waals surface area (Å²) >= 11 is 5.68. The van der Waals surface area contributed by atoms with Crippen LogP contribution in [0.5, 0.6) is 0 Å². The summed E-state index contributed by atoms with van der Waals surface area (Å²) in [6.45, 7) is 0. The Morgan fingerprint density at radius 2 is 1.94 bits per heavy atom. The lowest BCUT2D eigenvalue weighted by Gasteiger charge is -2.18. The molecule has 88 valence electrons. The molecule has 2 unspecified atom stereocenters. The lowest BCUT2D eigenvalue weighted by Crippen LogP contribution is -2.22. The first-order valence-electron chi connectivity index (χ1n) is 4.78. The average molecular weight is 245 g/mol. The number of benzene rings is 1. The van der Waals surface area contributed by atoms with Gasteiger partial charge in [-0.25, -0.2) is 0 Å². The van der Waals surface area contributed by atoms with Crippen LogP contribution < -0.4 is 0 Å². The minimum atomic E-state index is -1.33. The number of halogens is 1. The first-order chi connectivity index (χ1) is 7.56. The topological polar surface area (TPSA) is 77.8 Å². The van der Waals surface area contributed by atoms with Crippen LogP contribution in [-0.2, 0) is 10.7 Å². The van der Waals surface area contributed by atoms with Crippen LogP contribution in [0.1, 0.15) is 23.7 Å². The highest BCUT2D eigenvalue weighted by atomic mass is 35.5. The number of aliphatic carboxylic acids is 1. The van der Waals surface area contributed by atoms with Crippen molar-refractivity contribution < 1.29 is 20.1 Å². The Labute approximate surface area is 98.1 Å². The van der Waals surface area contributed by atoms with Crippen LogP contribution in [-0.4, -0.2) is 27.4 Å². The van der Waals surface area contributed by atoms with E-state index in [4.69, 9.17) is 16.7 Å². The van der Waals surface area contributed by atoms with E-state index in [-0.39, 0.29) is 5.88 Å². The minimum Gasteiger partial charge on any atom is -0.481 e. The van der Waals surface area contributed by atoms with Gasteiger partial charge in [-0.1, -0.05) is 24.3 Å². The Morgan fingerprint density at radius 1 is 1.31 bits per heavy atom. The molecule has 0 aliphatic rings. The lowest BCUT2D eigenvalue weighted by molar-refractivity contribution is -0.141. The van der Waals surface area contributed by atoms with Crippen LogP contribution in [0.15, 0.2) is 24.3 Å². The molecule has 0 aliphatic carbocycles. The number of alkyl halides is 1. The van der Waals surface area contributed by atoms with Gasteiger partial charge in [0.2, 0.25) is 0 Å². The molecule has 0 spiro atoms. The molecule has 0 saturated carbocycles. The number of carbonyl (C=O) groups is 1. The van der Waals surface area contributed by atoms with E-state index < -0.39 is 24.6 Å². The minimum absolute atomic E-state index is 0.201. The molecule has 3 N–H and O–H groups in total. The predicted molar refractivity (Wildman–Crippen MR) is 59.2 cm³/mol. The van der Waals surface area contributed by atoms with Crippen molar-refractivity contribution in [3.63, 3.8) is 0 Å². The summed E-state index contributed by atoms with van der Waals surface area (Å²) in [5.74, 6) is -0.956. The number of carboxylic acid groups (broad SMARTS) is 1. The number of rotatable bonds is 5. The highest BCUT2D eigenvalue weighted by Crippen LogP contribution is 2.23.